The lowest BCUT2D eigenvalue weighted by Crippen LogP contribution is -2.21. The SMILES string of the molecule is CCOc1cccc2cc(C(N)=O)c(=Nc3ccc(O)cc3C)oc12. The van der Waals surface area contributed by atoms with Gasteiger partial charge in [-0.05, 0) is 49.7 Å². The van der Waals surface area contributed by atoms with Gasteiger partial charge in [0.15, 0.2) is 11.3 Å². The van der Waals surface area contributed by atoms with Crippen molar-refractivity contribution in [1.82, 2.24) is 0 Å². The van der Waals surface area contributed by atoms with E-state index >= 15 is 0 Å². The zero-order valence-corrected chi connectivity index (χ0v) is 13.9. The number of benzene rings is 2. The monoisotopic (exact) mass is 338 g/mol. The quantitative estimate of drug-likeness (QED) is 0.763. The Bertz CT molecular complexity index is 1020. The van der Waals surface area contributed by atoms with E-state index in [4.69, 9.17) is 14.9 Å². The number of carbonyl (C=O) groups is 1. The Labute approximate surface area is 144 Å². The summed E-state index contributed by atoms with van der Waals surface area (Å²) in [5.41, 5.74) is 7.56. The van der Waals surface area contributed by atoms with Gasteiger partial charge in [0.25, 0.3) is 5.91 Å². The summed E-state index contributed by atoms with van der Waals surface area (Å²) in [5, 5.41) is 10.2. The molecule has 1 heterocycles. The number of nitrogens with two attached hydrogens (primary N) is 1. The van der Waals surface area contributed by atoms with Crippen LogP contribution in [0.1, 0.15) is 22.8 Å². The molecule has 0 fully saturated rings. The van der Waals surface area contributed by atoms with Crippen LogP contribution in [-0.4, -0.2) is 17.6 Å². The fourth-order valence-electron chi connectivity index (χ4n) is 2.53. The summed E-state index contributed by atoms with van der Waals surface area (Å²) in [6.07, 6.45) is 0. The molecule has 0 saturated heterocycles. The fraction of sp³-hybridized carbons (Fsp3) is 0.158. The second-order valence-electron chi connectivity index (χ2n) is 5.52. The number of primary amides is 1. The average Bonchev–Trinajstić information content (AvgIpc) is 2.57. The van der Waals surface area contributed by atoms with Crippen molar-refractivity contribution in [2.45, 2.75) is 13.8 Å². The first kappa shape index (κ1) is 16.6. The third-order valence-electron chi connectivity index (χ3n) is 3.71. The molecule has 3 rings (SSSR count). The van der Waals surface area contributed by atoms with Gasteiger partial charge in [-0.2, -0.15) is 0 Å². The van der Waals surface area contributed by atoms with Crippen molar-refractivity contribution >= 4 is 22.6 Å². The number of aromatic hydroxyl groups is 1. The lowest BCUT2D eigenvalue weighted by Gasteiger charge is -2.08. The standard InChI is InChI=1S/C19H18N2O4/c1-3-24-16-6-4-5-12-10-14(18(20)23)19(25-17(12)16)21-15-8-7-13(22)9-11(15)2/h4-10,22H,3H2,1-2H3,(H2,20,23). The van der Waals surface area contributed by atoms with E-state index in [1.807, 2.05) is 19.1 Å². The third-order valence-corrected chi connectivity index (χ3v) is 3.71. The summed E-state index contributed by atoms with van der Waals surface area (Å²) >= 11 is 0. The Morgan fingerprint density at radius 2 is 2.08 bits per heavy atom. The largest absolute Gasteiger partial charge is 0.508 e. The molecule has 0 aliphatic carbocycles. The molecule has 0 atom stereocenters. The Hall–Kier alpha value is -3.28. The minimum atomic E-state index is -0.636. The molecule has 128 valence electrons. The number of aryl methyl sites for hydroxylation is 1. The van der Waals surface area contributed by atoms with Crippen molar-refractivity contribution in [1.29, 1.82) is 0 Å². The first-order valence-electron chi connectivity index (χ1n) is 7.83. The van der Waals surface area contributed by atoms with Gasteiger partial charge in [0.1, 0.15) is 11.3 Å². The normalized spacial score (nSPS) is 11.7. The maximum absolute atomic E-state index is 11.8. The predicted molar refractivity (Wildman–Crippen MR) is 94.0 cm³/mol. The van der Waals surface area contributed by atoms with Gasteiger partial charge in [-0.1, -0.05) is 12.1 Å². The number of hydrogen-bond donors (Lipinski definition) is 2. The molecule has 6 heteroatoms. The van der Waals surface area contributed by atoms with Crippen LogP contribution in [0.15, 0.2) is 51.9 Å². The molecule has 1 aromatic heterocycles. The highest BCUT2D eigenvalue weighted by molar-refractivity contribution is 5.96. The van der Waals surface area contributed by atoms with Crippen molar-refractivity contribution < 1.29 is 19.1 Å². The van der Waals surface area contributed by atoms with Crippen molar-refractivity contribution in [3.63, 3.8) is 0 Å². The first-order chi connectivity index (χ1) is 12.0. The number of fused-ring (bicyclic) bond motifs is 1. The van der Waals surface area contributed by atoms with Crippen LogP contribution in [0, 0.1) is 6.92 Å². The van der Waals surface area contributed by atoms with Crippen LogP contribution in [-0.2, 0) is 0 Å². The smallest absolute Gasteiger partial charge is 0.254 e. The number of nitrogens with zero attached hydrogens (tertiary/aromatic N) is 1. The van der Waals surface area contributed by atoms with Gasteiger partial charge in [0.2, 0.25) is 5.55 Å². The highest BCUT2D eigenvalue weighted by Gasteiger charge is 2.12. The molecule has 0 unspecified atom stereocenters. The molecule has 2 aromatic carbocycles. The highest BCUT2D eigenvalue weighted by atomic mass is 16.5. The Kier molecular flexibility index (Phi) is 4.43. The molecule has 1 amide bonds. The molecule has 25 heavy (non-hydrogen) atoms. The molecule has 0 spiro atoms. The second kappa shape index (κ2) is 6.68. The van der Waals surface area contributed by atoms with Crippen molar-refractivity contribution in [3.05, 3.63) is 59.1 Å². The van der Waals surface area contributed by atoms with E-state index in [0.717, 1.165) is 5.56 Å². The molecule has 0 saturated carbocycles. The van der Waals surface area contributed by atoms with Crippen LogP contribution < -0.4 is 16.0 Å². The molecule has 3 N–H and O–H groups in total. The zero-order valence-electron chi connectivity index (χ0n) is 13.9. The summed E-state index contributed by atoms with van der Waals surface area (Å²) in [5.74, 6) is 0.0678. The molecule has 0 bridgehead atoms. The summed E-state index contributed by atoms with van der Waals surface area (Å²) in [7, 11) is 0. The van der Waals surface area contributed by atoms with Crippen LogP contribution >= 0.6 is 0 Å². The van der Waals surface area contributed by atoms with E-state index in [2.05, 4.69) is 4.99 Å². The number of para-hydroxylation sites is 1. The molecule has 3 aromatic rings. The molecular formula is C19H18N2O4. The summed E-state index contributed by atoms with van der Waals surface area (Å²) in [4.78, 5) is 16.3. The second-order valence-corrected chi connectivity index (χ2v) is 5.52. The molecule has 0 aliphatic rings. The number of hydrogen-bond acceptors (Lipinski definition) is 5. The number of phenolic OH excluding ortho intramolecular Hbond substituents is 1. The average molecular weight is 338 g/mol. The van der Waals surface area contributed by atoms with E-state index in [9.17, 15) is 9.90 Å². The van der Waals surface area contributed by atoms with Gasteiger partial charge in [-0.15, -0.1) is 0 Å². The minimum absolute atomic E-state index is 0.0981. The molecule has 6 nitrogen and oxygen atoms in total. The number of ether oxygens (including phenoxy) is 1. The molecule has 0 radical (unpaired) electrons. The van der Waals surface area contributed by atoms with Gasteiger partial charge in [-0.25, -0.2) is 4.99 Å². The number of phenols is 1. The number of amides is 1. The van der Waals surface area contributed by atoms with Gasteiger partial charge in [-0.3, -0.25) is 4.79 Å². The van der Waals surface area contributed by atoms with E-state index < -0.39 is 5.91 Å². The van der Waals surface area contributed by atoms with Crippen molar-refractivity contribution in [2.24, 2.45) is 10.7 Å². The Morgan fingerprint density at radius 1 is 1.28 bits per heavy atom. The van der Waals surface area contributed by atoms with E-state index in [-0.39, 0.29) is 16.9 Å². The third kappa shape index (κ3) is 3.33. The van der Waals surface area contributed by atoms with Crippen LogP contribution in [0.4, 0.5) is 5.69 Å². The maximum Gasteiger partial charge on any atom is 0.254 e. The fourth-order valence-corrected chi connectivity index (χ4v) is 2.53. The lowest BCUT2D eigenvalue weighted by atomic mass is 10.1. The van der Waals surface area contributed by atoms with Gasteiger partial charge in [0.05, 0.1) is 12.3 Å². The van der Waals surface area contributed by atoms with Crippen molar-refractivity contribution in [3.8, 4) is 11.5 Å². The first-order valence-corrected chi connectivity index (χ1v) is 7.83. The van der Waals surface area contributed by atoms with Gasteiger partial charge >= 0.3 is 0 Å². The number of carbonyl (C=O) groups excluding carboxylic acids is 1. The molecular weight excluding hydrogens is 320 g/mol. The summed E-state index contributed by atoms with van der Waals surface area (Å²) in [6, 6.07) is 11.8. The summed E-state index contributed by atoms with van der Waals surface area (Å²) < 4.78 is 11.5. The van der Waals surface area contributed by atoms with E-state index in [0.29, 0.717) is 29.0 Å². The Morgan fingerprint density at radius 3 is 2.76 bits per heavy atom. The summed E-state index contributed by atoms with van der Waals surface area (Å²) in [6.45, 7) is 4.16. The van der Waals surface area contributed by atoms with Gasteiger partial charge in [0, 0.05) is 5.39 Å². The van der Waals surface area contributed by atoms with E-state index in [1.165, 1.54) is 6.07 Å². The van der Waals surface area contributed by atoms with E-state index in [1.54, 1.807) is 31.2 Å². The lowest BCUT2D eigenvalue weighted by molar-refractivity contribution is 0.0996. The van der Waals surface area contributed by atoms with Crippen LogP contribution in [0.2, 0.25) is 0 Å². The van der Waals surface area contributed by atoms with Crippen LogP contribution in [0.25, 0.3) is 11.0 Å². The number of rotatable bonds is 4. The maximum atomic E-state index is 11.8. The van der Waals surface area contributed by atoms with Gasteiger partial charge < -0.3 is 20.0 Å². The minimum Gasteiger partial charge on any atom is -0.508 e. The highest BCUT2D eigenvalue weighted by Crippen LogP contribution is 2.26. The van der Waals surface area contributed by atoms with Crippen LogP contribution in [0.3, 0.4) is 0 Å². The van der Waals surface area contributed by atoms with Crippen molar-refractivity contribution in [2.75, 3.05) is 6.61 Å². The topological polar surface area (TPSA) is 98.1 Å². The zero-order chi connectivity index (χ0) is 18.0. The predicted octanol–water partition coefficient (Wildman–Crippen LogP) is 3.18. The Balaban J connectivity index is 2.31. The molecule has 0 aliphatic heterocycles. The van der Waals surface area contributed by atoms with Crippen LogP contribution in [0.5, 0.6) is 11.5 Å².